The number of fused-ring (bicyclic) bond motifs is 1. The molecule has 0 aliphatic carbocycles. The van der Waals surface area contributed by atoms with Crippen LogP contribution < -0.4 is 4.74 Å². The first-order valence-corrected chi connectivity index (χ1v) is 8.44. The third-order valence-electron chi connectivity index (χ3n) is 3.64. The molecule has 0 fully saturated rings. The Hall–Kier alpha value is -2.34. The van der Waals surface area contributed by atoms with E-state index in [0.29, 0.717) is 6.61 Å². The van der Waals surface area contributed by atoms with E-state index in [4.69, 9.17) is 14.8 Å². The van der Waals surface area contributed by atoms with Gasteiger partial charge < -0.3 is 9.84 Å². The number of rotatable bonds is 6. The molecule has 0 spiro atoms. The van der Waals surface area contributed by atoms with Gasteiger partial charge in [-0.25, -0.2) is 4.98 Å². The highest BCUT2D eigenvalue weighted by molar-refractivity contribution is 7.15. The number of thiazole rings is 1. The highest BCUT2D eigenvalue weighted by atomic mass is 32.1. The molecule has 0 amide bonds. The lowest BCUT2D eigenvalue weighted by Crippen LogP contribution is -2.04. The summed E-state index contributed by atoms with van der Waals surface area (Å²) in [4.78, 5) is 16.6. The number of benzene rings is 1. The summed E-state index contributed by atoms with van der Waals surface area (Å²) in [6.45, 7) is 4.65. The fourth-order valence-electron chi connectivity index (χ4n) is 2.69. The Labute approximate surface area is 138 Å². The summed E-state index contributed by atoms with van der Waals surface area (Å²) >= 11 is 1.48. The lowest BCUT2D eigenvalue weighted by atomic mass is 10.1. The molecule has 1 aromatic carbocycles. The van der Waals surface area contributed by atoms with E-state index in [-0.39, 0.29) is 6.42 Å². The SMILES string of the molecule is CCOc1ccc(-c2nc3scc(CC(=O)O)n3c2CC)cc1. The van der Waals surface area contributed by atoms with Crippen molar-refractivity contribution in [1.82, 2.24) is 9.38 Å². The number of hydrogen-bond donors (Lipinski definition) is 1. The van der Waals surface area contributed by atoms with Crippen molar-refractivity contribution in [1.29, 1.82) is 0 Å². The zero-order valence-corrected chi connectivity index (χ0v) is 13.9. The molecule has 0 radical (unpaired) electrons. The Kier molecular flexibility index (Phi) is 4.34. The summed E-state index contributed by atoms with van der Waals surface area (Å²) in [6, 6.07) is 7.86. The molecule has 3 aromatic rings. The maximum Gasteiger partial charge on any atom is 0.309 e. The van der Waals surface area contributed by atoms with Gasteiger partial charge in [0.25, 0.3) is 0 Å². The first-order chi connectivity index (χ1) is 11.1. The van der Waals surface area contributed by atoms with Gasteiger partial charge in [0, 0.05) is 16.6 Å². The van der Waals surface area contributed by atoms with Crippen molar-refractivity contribution in [3.05, 3.63) is 41.0 Å². The van der Waals surface area contributed by atoms with Crippen molar-refractivity contribution in [2.24, 2.45) is 0 Å². The normalized spacial score (nSPS) is 11.0. The van der Waals surface area contributed by atoms with E-state index in [9.17, 15) is 4.79 Å². The average Bonchev–Trinajstić information content (AvgIpc) is 3.08. The van der Waals surface area contributed by atoms with Crippen LogP contribution in [0.15, 0.2) is 29.6 Å². The van der Waals surface area contributed by atoms with Crippen LogP contribution >= 0.6 is 11.3 Å². The van der Waals surface area contributed by atoms with Crippen LogP contribution in [-0.2, 0) is 17.6 Å². The molecule has 6 heteroatoms. The number of hydrogen-bond acceptors (Lipinski definition) is 4. The molecule has 2 heterocycles. The zero-order chi connectivity index (χ0) is 16.4. The number of carbonyl (C=O) groups is 1. The largest absolute Gasteiger partial charge is 0.494 e. The van der Waals surface area contributed by atoms with Crippen molar-refractivity contribution >= 4 is 22.3 Å². The molecular weight excluding hydrogens is 312 g/mol. The van der Waals surface area contributed by atoms with Gasteiger partial charge in [0.15, 0.2) is 4.96 Å². The van der Waals surface area contributed by atoms with Crippen LogP contribution in [0.3, 0.4) is 0 Å². The van der Waals surface area contributed by atoms with Crippen LogP contribution in [0, 0.1) is 0 Å². The number of aryl methyl sites for hydroxylation is 1. The Balaban J connectivity index is 2.06. The Morgan fingerprint density at radius 1 is 1.30 bits per heavy atom. The average molecular weight is 330 g/mol. The topological polar surface area (TPSA) is 63.8 Å². The molecule has 0 atom stereocenters. The van der Waals surface area contributed by atoms with Crippen LogP contribution in [0.2, 0.25) is 0 Å². The van der Waals surface area contributed by atoms with Gasteiger partial charge in [0.2, 0.25) is 0 Å². The number of ether oxygens (including phenoxy) is 1. The molecule has 2 aromatic heterocycles. The predicted octanol–water partition coefficient (Wildman–Crippen LogP) is 3.65. The summed E-state index contributed by atoms with van der Waals surface area (Å²) < 4.78 is 7.45. The van der Waals surface area contributed by atoms with E-state index in [1.807, 2.05) is 41.0 Å². The van der Waals surface area contributed by atoms with Crippen LogP contribution in [0.25, 0.3) is 16.2 Å². The molecule has 0 bridgehead atoms. The molecule has 1 N–H and O–H groups in total. The van der Waals surface area contributed by atoms with Gasteiger partial charge >= 0.3 is 5.97 Å². The van der Waals surface area contributed by atoms with Gasteiger partial charge in [-0.15, -0.1) is 11.3 Å². The van der Waals surface area contributed by atoms with Crippen molar-refractivity contribution in [2.75, 3.05) is 6.61 Å². The molecule has 0 saturated carbocycles. The van der Waals surface area contributed by atoms with E-state index in [2.05, 4.69) is 6.92 Å². The Morgan fingerprint density at radius 2 is 2.04 bits per heavy atom. The van der Waals surface area contributed by atoms with Crippen LogP contribution in [0.5, 0.6) is 5.75 Å². The number of nitrogens with zero attached hydrogens (tertiary/aromatic N) is 2. The van der Waals surface area contributed by atoms with Crippen molar-refractivity contribution in [3.8, 4) is 17.0 Å². The smallest absolute Gasteiger partial charge is 0.309 e. The third kappa shape index (κ3) is 2.94. The van der Waals surface area contributed by atoms with Crippen molar-refractivity contribution in [3.63, 3.8) is 0 Å². The molecule has 120 valence electrons. The number of carboxylic acid groups (broad SMARTS) is 1. The number of aromatic nitrogens is 2. The van der Waals surface area contributed by atoms with E-state index >= 15 is 0 Å². The highest BCUT2D eigenvalue weighted by Gasteiger charge is 2.18. The lowest BCUT2D eigenvalue weighted by molar-refractivity contribution is -0.136. The fraction of sp³-hybridized carbons (Fsp3) is 0.294. The van der Waals surface area contributed by atoms with E-state index in [1.54, 1.807) is 0 Å². The molecule has 0 aliphatic rings. The maximum absolute atomic E-state index is 11.0. The summed E-state index contributed by atoms with van der Waals surface area (Å²) in [5.41, 5.74) is 3.75. The first-order valence-electron chi connectivity index (χ1n) is 7.56. The van der Waals surface area contributed by atoms with Gasteiger partial charge in [0.05, 0.1) is 24.4 Å². The minimum absolute atomic E-state index is 0.00603. The van der Waals surface area contributed by atoms with Crippen molar-refractivity contribution < 1.29 is 14.6 Å². The van der Waals surface area contributed by atoms with Gasteiger partial charge in [-0.3, -0.25) is 9.20 Å². The Morgan fingerprint density at radius 3 is 2.65 bits per heavy atom. The molecule has 0 aliphatic heterocycles. The van der Waals surface area contributed by atoms with E-state index < -0.39 is 5.97 Å². The second kappa shape index (κ2) is 6.42. The van der Waals surface area contributed by atoms with Crippen LogP contribution in [0.1, 0.15) is 25.2 Å². The van der Waals surface area contributed by atoms with Crippen molar-refractivity contribution in [2.45, 2.75) is 26.7 Å². The summed E-state index contributed by atoms with van der Waals surface area (Å²) in [7, 11) is 0. The number of aliphatic carboxylic acids is 1. The Bertz CT molecular complexity index is 834. The quantitative estimate of drug-likeness (QED) is 0.749. The van der Waals surface area contributed by atoms with Gasteiger partial charge in [-0.2, -0.15) is 0 Å². The molecular formula is C17H18N2O3S. The second-order valence-corrected chi connectivity index (χ2v) is 5.97. The molecule has 0 saturated heterocycles. The minimum Gasteiger partial charge on any atom is -0.494 e. The van der Waals surface area contributed by atoms with Gasteiger partial charge in [-0.05, 0) is 37.6 Å². The fourth-order valence-corrected chi connectivity index (χ4v) is 3.60. The maximum atomic E-state index is 11.0. The van der Waals surface area contributed by atoms with E-state index in [0.717, 1.165) is 39.8 Å². The van der Waals surface area contributed by atoms with Gasteiger partial charge in [-0.1, -0.05) is 6.92 Å². The van der Waals surface area contributed by atoms with Crippen LogP contribution in [-0.4, -0.2) is 27.1 Å². The summed E-state index contributed by atoms with van der Waals surface area (Å²) in [5.74, 6) is 0.00459. The zero-order valence-electron chi connectivity index (χ0n) is 13.1. The monoisotopic (exact) mass is 330 g/mol. The number of imidazole rings is 1. The van der Waals surface area contributed by atoms with Crippen LogP contribution in [0.4, 0.5) is 0 Å². The standard InChI is InChI=1S/C17H18N2O3S/c1-3-14-16(11-5-7-13(8-6-11)22-4-2)18-17-19(14)12(10-23-17)9-15(20)21/h5-8,10H,3-4,9H2,1-2H3,(H,20,21). The van der Waals surface area contributed by atoms with Gasteiger partial charge in [0.1, 0.15) is 5.75 Å². The summed E-state index contributed by atoms with van der Waals surface area (Å²) in [6.07, 6.45) is 0.791. The second-order valence-electron chi connectivity index (χ2n) is 5.13. The van der Waals surface area contributed by atoms with E-state index in [1.165, 1.54) is 11.3 Å². The predicted molar refractivity (Wildman–Crippen MR) is 90.4 cm³/mol. The summed E-state index contributed by atoms with van der Waals surface area (Å²) in [5, 5.41) is 10.9. The molecule has 5 nitrogen and oxygen atoms in total. The minimum atomic E-state index is -0.830. The molecule has 23 heavy (non-hydrogen) atoms. The highest BCUT2D eigenvalue weighted by Crippen LogP contribution is 2.30. The molecule has 3 rings (SSSR count). The molecule has 0 unspecified atom stereocenters. The number of carboxylic acids is 1. The third-order valence-corrected chi connectivity index (χ3v) is 4.51. The first kappa shape index (κ1) is 15.6. The lowest BCUT2D eigenvalue weighted by Gasteiger charge is -2.06.